The zero-order valence-electron chi connectivity index (χ0n) is 11.3. The van der Waals surface area contributed by atoms with Crippen LogP contribution in [0.2, 0.25) is 0 Å². The third kappa shape index (κ3) is 5.67. The molecule has 1 aromatic rings. The van der Waals surface area contributed by atoms with E-state index in [0.29, 0.717) is 0 Å². The summed E-state index contributed by atoms with van der Waals surface area (Å²) in [5.41, 5.74) is 1.32. The molecule has 0 aliphatic carbocycles. The van der Waals surface area contributed by atoms with Gasteiger partial charge in [0.2, 0.25) is 0 Å². The first-order valence-electron chi connectivity index (χ1n) is 6.49. The zero-order chi connectivity index (χ0) is 13.2. The van der Waals surface area contributed by atoms with E-state index in [0.717, 1.165) is 37.7 Å². The highest BCUT2D eigenvalue weighted by molar-refractivity contribution is 5.52. The van der Waals surface area contributed by atoms with Crippen LogP contribution in [-0.2, 0) is 11.2 Å². The quantitative estimate of drug-likeness (QED) is 0.515. The van der Waals surface area contributed by atoms with Crippen molar-refractivity contribution in [2.75, 3.05) is 7.11 Å². The van der Waals surface area contributed by atoms with Gasteiger partial charge in [-0.05, 0) is 43.4 Å². The van der Waals surface area contributed by atoms with E-state index in [1.165, 1.54) is 5.56 Å². The van der Waals surface area contributed by atoms with E-state index >= 15 is 0 Å². The van der Waals surface area contributed by atoms with Crippen molar-refractivity contribution < 1.29 is 9.53 Å². The maximum Gasteiger partial charge on any atom is 0.122 e. The second-order valence-electron chi connectivity index (χ2n) is 4.55. The fraction of sp³-hybridized carbons (Fsp3) is 0.438. The molecule has 0 heterocycles. The van der Waals surface area contributed by atoms with Gasteiger partial charge in [0, 0.05) is 5.92 Å². The first-order valence-corrected chi connectivity index (χ1v) is 6.49. The van der Waals surface area contributed by atoms with Gasteiger partial charge >= 0.3 is 0 Å². The molecule has 0 fully saturated rings. The van der Waals surface area contributed by atoms with Gasteiger partial charge < -0.3 is 9.53 Å². The molecule has 1 unspecified atom stereocenters. The molecule has 0 N–H and O–H groups in total. The molecule has 1 aromatic carbocycles. The average Bonchev–Trinajstić information content (AvgIpc) is 2.43. The second-order valence-corrected chi connectivity index (χ2v) is 4.55. The zero-order valence-corrected chi connectivity index (χ0v) is 11.3. The minimum Gasteiger partial charge on any atom is -0.497 e. The lowest BCUT2D eigenvalue weighted by Gasteiger charge is -2.01. The minimum absolute atomic E-state index is 0.177. The lowest BCUT2D eigenvalue weighted by Crippen LogP contribution is -1.93. The van der Waals surface area contributed by atoms with Crippen molar-refractivity contribution in [2.24, 2.45) is 5.92 Å². The highest BCUT2D eigenvalue weighted by Gasteiger charge is 1.96. The van der Waals surface area contributed by atoms with Crippen molar-refractivity contribution in [2.45, 2.75) is 32.6 Å². The number of hydrogen-bond donors (Lipinski definition) is 0. The summed E-state index contributed by atoms with van der Waals surface area (Å²) in [5.74, 6) is 1.08. The molecule has 0 saturated carbocycles. The standard InChI is InChI=1S/C16H22O2/c1-14(13-17)7-5-3-4-6-8-15-9-11-16(18-2)12-10-15/h3-4,9-14H,5-8H2,1-2H3/b4-3+. The largest absolute Gasteiger partial charge is 0.497 e. The Labute approximate surface area is 110 Å². The van der Waals surface area contributed by atoms with Crippen LogP contribution >= 0.6 is 0 Å². The van der Waals surface area contributed by atoms with Crippen molar-refractivity contribution in [1.82, 2.24) is 0 Å². The van der Waals surface area contributed by atoms with E-state index < -0.39 is 0 Å². The average molecular weight is 246 g/mol. The highest BCUT2D eigenvalue weighted by atomic mass is 16.5. The van der Waals surface area contributed by atoms with Crippen LogP contribution in [0.5, 0.6) is 5.75 Å². The number of methoxy groups -OCH3 is 1. The van der Waals surface area contributed by atoms with Crippen molar-refractivity contribution in [3.63, 3.8) is 0 Å². The molecular weight excluding hydrogens is 224 g/mol. The van der Waals surface area contributed by atoms with Gasteiger partial charge in [0.25, 0.3) is 0 Å². The first kappa shape index (κ1) is 14.5. The topological polar surface area (TPSA) is 26.3 Å². The molecule has 2 nitrogen and oxygen atoms in total. The third-order valence-corrected chi connectivity index (χ3v) is 2.95. The predicted octanol–water partition coefficient (Wildman–Crippen LogP) is 3.80. The van der Waals surface area contributed by atoms with Gasteiger partial charge in [-0.3, -0.25) is 0 Å². The van der Waals surface area contributed by atoms with Gasteiger partial charge in [-0.25, -0.2) is 0 Å². The van der Waals surface area contributed by atoms with Gasteiger partial charge in [0.15, 0.2) is 0 Å². The number of aldehydes is 1. The van der Waals surface area contributed by atoms with E-state index in [4.69, 9.17) is 4.74 Å². The van der Waals surface area contributed by atoms with Crippen LogP contribution in [0.4, 0.5) is 0 Å². The molecule has 0 spiro atoms. The lowest BCUT2D eigenvalue weighted by molar-refractivity contribution is -0.110. The highest BCUT2D eigenvalue weighted by Crippen LogP contribution is 2.12. The molecule has 0 aliphatic heterocycles. The summed E-state index contributed by atoms with van der Waals surface area (Å²) >= 11 is 0. The fourth-order valence-corrected chi connectivity index (χ4v) is 1.71. The van der Waals surface area contributed by atoms with Gasteiger partial charge in [0.1, 0.15) is 12.0 Å². The van der Waals surface area contributed by atoms with E-state index in [2.05, 4.69) is 24.3 Å². The van der Waals surface area contributed by atoms with Crippen LogP contribution in [0, 0.1) is 5.92 Å². The Morgan fingerprint density at radius 1 is 1.17 bits per heavy atom. The van der Waals surface area contributed by atoms with E-state index in [-0.39, 0.29) is 5.92 Å². The summed E-state index contributed by atoms with van der Waals surface area (Å²) in [4.78, 5) is 10.4. The Hall–Kier alpha value is -1.57. The van der Waals surface area contributed by atoms with Crippen molar-refractivity contribution in [1.29, 1.82) is 0 Å². The van der Waals surface area contributed by atoms with Crippen LogP contribution in [0.3, 0.4) is 0 Å². The van der Waals surface area contributed by atoms with Crippen molar-refractivity contribution in [3.05, 3.63) is 42.0 Å². The smallest absolute Gasteiger partial charge is 0.122 e. The molecule has 18 heavy (non-hydrogen) atoms. The molecule has 1 atom stereocenters. The Balaban J connectivity index is 2.20. The number of carbonyl (C=O) groups is 1. The number of benzene rings is 1. The monoisotopic (exact) mass is 246 g/mol. The molecule has 0 aliphatic rings. The van der Waals surface area contributed by atoms with E-state index in [1.54, 1.807) is 7.11 Å². The Morgan fingerprint density at radius 2 is 1.83 bits per heavy atom. The number of rotatable bonds is 8. The molecule has 0 saturated heterocycles. The SMILES string of the molecule is COc1ccc(CC/C=C/CCC(C)C=O)cc1. The second kappa shape index (κ2) is 8.51. The fourth-order valence-electron chi connectivity index (χ4n) is 1.71. The summed E-state index contributed by atoms with van der Waals surface area (Å²) < 4.78 is 5.12. The van der Waals surface area contributed by atoms with Crippen LogP contribution in [0.25, 0.3) is 0 Å². The molecule has 0 radical (unpaired) electrons. The van der Waals surface area contributed by atoms with E-state index in [1.807, 2.05) is 19.1 Å². The summed E-state index contributed by atoms with van der Waals surface area (Å²) in [5, 5.41) is 0. The number of aryl methyl sites for hydroxylation is 1. The summed E-state index contributed by atoms with van der Waals surface area (Å²) in [6.07, 6.45) is 9.41. The van der Waals surface area contributed by atoms with Gasteiger partial charge in [-0.2, -0.15) is 0 Å². The summed E-state index contributed by atoms with van der Waals surface area (Å²) in [6, 6.07) is 8.18. The molecule has 0 amide bonds. The molecule has 2 heteroatoms. The van der Waals surface area contributed by atoms with Crippen LogP contribution < -0.4 is 4.74 Å². The van der Waals surface area contributed by atoms with Gasteiger partial charge in [0.05, 0.1) is 7.11 Å². The van der Waals surface area contributed by atoms with Crippen LogP contribution in [0.15, 0.2) is 36.4 Å². The lowest BCUT2D eigenvalue weighted by atomic mass is 10.1. The maximum absolute atomic E-state index is 10.4. The van der Waals surface area contributed by atoms with Crippen molar-refractivity contribution in [3.8, 4) is 5.75 Å². The molecule has 1 rings (SSSR count). The first-order chi connectivity index (χ1) is 8.76. The summed E-state index contributed by atoms with van der Waals surface area (Å²) in [6.45, 7) is 1.96. The number of ether oxygens (including phenoxy) is 1. The Kier molecular flexibility index (Phi) is 6.85. The number of hydrogen-bond acceptors (Lipinski definition) is 2. The molecule has 98 valence electrons. The Morgan fingerprint density at radius 3 is 2.44 bits per heavy atom. The van der Waals surface area contributed by atoms with Crippen LogP contribution in [0.1, 0.15) is 31.7 Å². The molecular formula is C16H22O2. The number of allylic oxidation sites excluding steroid dienone is 2. The maximum atomic E-state index is 10.4. The summed E-state index contributed by atoms with van der Waals surface area (Å²) in [7, 11) is 1.68. The van der Waals surface area contributed by atoms with Crippen LogP contribution in [-0.4, -0.2) is 13.4 Å². The Bertz CT molecular complexity index is 365. The van der Waals surface area contributed by atoms with Gasteiger partial charge in [-0.1, -0.05) is 31.2 Å². The van der Waals surface area contributed by atoms with E-state index in [9.17, 15) is 4.79 Å². The van der Waals surface area contributed by atoms with Gasteiger partial charge in [-0.15, -0.1) is 0 Å². The molecule has 0 bridgehead atoms. The number of carbonyl (C=O) groups excluding carboxylic acids is 1. The minimum atomic E-state index is 0.177. The third-order valence-electron chi connectivity index (χ3n) is 2.95. The normalized spacial score (nSPS) is 12.6. The predicted molar refractivity (Wildman–Crippen MR) is 74.9 cm³/mol. The van der Waals surface area contributed by atoms with Crippen molar-refractivity contribution >= 4 is 6.29 Å². The molecule has 0 aromatic heterocycles.